The van der Waals surface area contributed by atoms with Crippen LogP contribution in [0, 0.1) is 5.82 Å². The van der Waals surface area contributed by atoms with E-state index in [-0.39, 0.29) is 24.0 Å². The van der Waals surface area contributed by atoms with Gasteiger partial charge in [0.25, 0.3) is 0 Å². The second kappa shape index (κ2) is 8.62. The molecule has 0 aliphatic heterocycles. The smallest absolute Gasteiger partial charge is 0.230 e. The summed E-state index contributed by atoms with van der Waals surface area (Å²) < 4.78 is 12.8. The number of hydrogen-bond donors (Lipinski definition) is 2. The zero-order chi connectivity index (χ0) is 17.6. The van der Waals surface area contributed by atoms with E-state index in [1.54, 1.807) is 23.5 Å². The first-order valence-electron chi connectivity index (χ1n) is 7.57. The van der Waals surface area contributed by atoms with Gasteiger partial charge >= 0.3 is 0 Å². The molecule has 1 amide bonds. The number of carbonyl (C=O) groups excluding carboxylic acids is 1. The molecule has 3 aromatic rings. The Balaban J connectivity index is 1.46. The van der Waals surface area contributed by atoms with Crippen molar-refractivity contribution in [2.45, 2.75) is 11.0 Å². The van der Waals surface area contributed by atoms with E-state index in [4.69, 9.17) is 0 Å². The maximum absolute atomic E-state index is 12.8. The SMILES string of the molecule is O=C(CSc1ccc(F)cc1)NCC(O)c1ccc(-c2ccsc2)s1. The molecule has 0 aliphatic carbocycles. The van der Waals surface area contributed by atoms with Gasteiger partial charge in [-0.1, -0.05) is 0 Å². The monoisotopic (exact) mass is 393 g/mol. The number of halogens is 1. The summed E-state index contributed by atoms with van der Waals surface area (Å²) in [6.45, 7) is 0.173. The van der Waals surface area contributed by atoms with Crippen molar-refractivity contribution >= 4 is 40.3 Å². The molecule has 25 heavy (non-hydrogen) atoms. The zero-order valence-electron chi connectivity index (χ0n) is 13.1. The molecule has 2 aromatic heterocycles. The number of thioether (sulfide) groups is 1. The third-order valence-electron chi connectivity index (χ3n) is 3.44. The van der Waals surface area contributed by atoms with Crippen molar-refractivity contribution < 1.29 is 14.3 Å². The van der Waals surface area contributed by atoms with Crippen LogP contribution in [-0.4, -0.2) is 23.3 Å². The van der Waals surface area contributed by atoms with Gasteiger partial charge in [0, 0.05) is 26.8 Å². The molecule has 7 heteroatoms. The van der Waals surface area contributed by atoms with Crippen LogP contribution in [0.15, 0.2) is 58.1 Å². The molecular formula is C18H16FNO2S3. The van der Waals surface area contributed by atoms with E-state index in [2.05, 4.69) is 10.7 Å². The fourth-order valence-corrected chi connectivity index (χ4v) is 4.58. The molecule has 0 spiro atoms. The van der Waals surface area contributed by atoms with Crippen molar-refractivity contribution in [3.05, 3.63) is 63.9 Å². The highest BCUT2D eigenvalue weighted by molar-refractivity contribution is 8.00. The van der Waals surface area contributed by atoms with E-state index in [1.807, 2.05) is 23.6 Å². The average molecular weight is 394 g/mol. The van der Waals surface area contributed by atoms with E-state index >= 15 is 0 Å². The van der Waals surface area contributed by atoms with Crippen molar-refractivity contribution in [2.24, 2.45) is 0 Å². The highest BCUT2D eigenvalue weighted by atomic mass is 32.2. The quantitative estimate of drug-likeness (QED) is 0.579. The van der Waals surface area contributed by atoms with Crippen LogP contribution in [0.1, 0.15) is 11.0 Å². The number of benzene rings is 1. The Labute approximate surface area is 157 Å². The second-order valence-corrected chi connectivity index (χ2v) is 8.22. The normalized spacial score (nSPS) is 12.1. The third kappa shape index (κ3) is 5.15. The summed E-state index contributed by atoms with van der Waals surface area (Å²) in [5, 5.41) is 17.1. The fraction of sp³-hybridized carbons (Fsp3) is 0.167. The summed E-state index contributed by atoms with van der Waals surface area (Å²) in [6, 6.07) is 11.9. The molecule has 0 saturated heterocycles. The van der Waals surface area contributed by atoms with Gasteiger partial charge in [-0.05, 0) is 53.2 Å². The average Bonchev–Trinajstić information content (AvgIpc) is 3.30. The Morgan fingerprint density at radius 1 is 1.20 bits per heavy atom. The maximum atomic E-state index is 12.8. The number of carbonyl (C=O) groups is 1. The van der Waals surface area contributed by atoms with E-state index in [0.717, 1.165) is 20.2 Å². The van der Waals surface area contributed by atoms with Gasteiger partial charge in [-0.25, -0.2) is 4.39 Å². The van der Waals surface area contributed by atoms with Crippen LogP contribution in [-0.2, 0) is 4.79 Å². The highest BCUT2D eigenvalue weighted by Crippen LogP contribution is 2.32. The minimum Gasteiger partial charge on any atom is -0.386 e. The summed E-state index contributed by atoms with van der Waals surface area (Å²) in [5.41, 5.74) is 1.15. The van der Waals surface area contributed by atoms with Crippen LogP contribution in [0.4, 0.5) is 4.39 Å². The molecule has 0 bridgehead atoms. The van der Waals surface area contributed by atoms with Gasteiger partial charge in [0.05, 0.1) is 5.75 Å². The van der Waals surface area contributed by atoms with Crippen LogP contribution < -0.4 is 5.32 Å². The lowest BCUT2D eigenvalue weighted by molar-refractivity contribution is -0.119. The highest BCUT2D eigenvalue weighted by Gasteiger charge is 2.13. The Morgan fingerprint density at radius 2 is 2.00 bits per heavy atom. The number of aliphatic hydroxyl groups excluding tert-OH is 1. The zero-order valence-corrected chi connectivity index (χ0v) is 15.6. The molecule has 1 aromatic carbocycles. The summed E-state index contributed by atoms with van der Waals surface area (Å²) in [4.78, 5) is 14.7. The third-order valence-corrected chi connectivity index (χ3v) is 6.37. The molecule has 1 unspecified atom stereocenters. The van der Waals surface area contributed by atoms with E-state index < -0.39 is 6.10 Å². The fourth-order valence-electron chi connectivity index (χ4n) is 2.13. The van der Waals surface area contributed by atoms with Gasteiger partial charge in [0.1, 0.15) is 11.9 Å². The standard InChI is InChI=1S/C18H16FNO2S3/c19-13-1-3-14(4-2-13)24-11-18(22)20-9-15(21)17-6-5-16(25-17)12-7-8-23-10-12/h1-8,10,15,21H,9,11H2,(H,20,22). The van der Waals surface area contributed by atoms with Crippen LogP contribution >= 0.6 is 34.4 Å². The molecule has 130 valence electrons. The van der Waals surface area contributed by atoms with Crippen molar-refractivity contribution in [3.63, 3.8) is 0 Å². The molecule has 2 heterocycles. The minimum absolute atomic E-state index is 0.164. The molecule has 3 nitrogen and oxygen atoms in total. The van der Waals surface area contributed by atoms with Crippen molar-refractivity contribution in [1.82, 2.24) is 5.32 Å². The number of thiophene rings is 2. The first-order chi connectivity index (χ1) is 12.1. The number of nitrogens with one attached hydrogen (secondary N) is 1. The lowest BCUT2D eigenvalue weighted by Crippen LogP contribution is -2.29. The number of hydrogen-bond acceptors (Lipinski definition) is 5. The van der Waals surface area contributed by atoms with Gasteiger partial charge in [-0.15, -0.1) is 23.1 Å². The van der Waals surface area contributed by atoms with Crippen molar-refractivity contribution in [3.8, 4) is 10.4 Å². The van der Waals surface area contributed by atoms with Gasteiger partial charge in [-0.3, -0.25) is 4.79 Å². The molecule has 0 radical (unpaired) electrons. The van der Waals surface area contributed by atoms with Gasteiger partial charge in [0.2, 0.25) is 5.91 Å². The van der Waals surface area contributed by atoms with Crippen molar-refractivity contribution in [1.29, 1.82) is 0 Å². The van der Waals surface area contributed by atoms with Crippen LogP contribution in [0.5, 0.6) is 0 Å². The number of aliphatic hydroxyl groups is 1. The molecule has 0 fully saturated rings. The van der Waals surface area contributed by atoms with Gasteiger partial charge in [0.15, 0.2) is 0 Å². The Bertz CT molecular complexity index is 815. The first kappa shape index (κ1) is 18.1. The van der Waals surface area contributed by atoms with Gasteiger partial charge in [-0.2, -0.15) is 11.3 Å². The molecular weight excluding hydrogens is 377 g/mol. The minimum atomic E-state index is -0.725. The van der Waals surface area contributed by atoms with Crippen molar-refractivity contribution in [2.75, 3.05) is 12.3 Å². The molecule has 1 atom stereocenters. The molecule has 2 N–H and O–H groups in total. The first-order valence-corrected chi connectivity index (χ1v) is 10.3. The lowest BCUT2D eigenvalue weighted by Gasteiger charge is -2.10. The molecule has 0 aliphatic rings. The Morgan fingerprint density at radius 3 is 2.72 bits per heavy atom. The van der Waals surface area contributed by atoms with E-state index in [9.17, 15) is 14.3 Å². The topological polar surface area (TPSA) is 49.3 Å². The number of amides is 1. The van der Waals surface area contributed by atoms with Gasteiger partial charge < -0.3 is 10.4 Å². The van der Waals surface area contributed by atoms with E-state index in [1.165, 1.54) is 35.2 Å². The summed E-state index contributed by atoms with van der Waals surface area (Å²) >= 11 is 4.49. The maximum Gasteiger partial charge on any atom is 0.230 e. The predicted molar refractivity (Wildman–Crippen MR) is 103 cm³/mol. The van der Waals surface area contributed by atoms with Crippen LogP contribution in [0.25, 0.3) is 10.4 Å². The number of rotatable bonds is 7. The van der Waals surface area contributed by atoms with Crippen LogP contribution in [0.3, 0.4) is 0 Å². The second-order valence-electron chi connectivity index (χ2n) is 5.28. The summed E-state index contributed by atoms with van der Waals surface area (Å²) in [7, 11) is 0. The van der Waals surface area contributed by atoms with E-state index in [0.29, 0.717) is 0 Å². The Hall–Kier alpha value is -1.67. The predicted octanol–water partition coefficient (Wildman–Crippen LogP) is 4.56. The summed E-state index contributed by atoms with van der Waals surface area (Å²) in [5.74, 6) is -0.235. The summed E-state index contributed by atoms with van der Waals surface area (Å²) in [6.07, 6.45) is -0.725. The Kier molecular flexibility index (Phi) is 6.25. The molecule has 0 saturated carbocycles. The largest absolute Gasteiger partial charge is 0.386 e. The molecule has 3 rings (SSSR count). The van der Waals surface area contributed by atoms with Crippen LogP contribution in [0.2, 0.25) is 0 Å². The lowest BCUT2D eigenvalue weighted by atomic mass is 10.2.